The van der Waals surface area contributed by atoms with Gasteiger partial charge < -0.3 is 10.6 Å². The van der Waals surface area contributed by atoms with E-state index in [1.165, 1.54) is 4.40 Å². The normalized spacial score (nSPS) is 20.3. The molecule has 1 aliphatic heterocycles. The minimum absolute atomic E-state index is 0.0127. The summed E-state index contributed by atoms with van der Waals surface area (Å²) in [6.45, 7) is 1.39. The van der Waals surface area contributed by atoms with Crippen LogP contribution in [0.2, 0.25) is 0 Å². The van der Waals surface area contributed by atoms with Crippen molar-refractivity contribution < 1.29 is 8.42 Å². The Labute approximate surface area is 123 Å². The van der Waals surface area contributed by atoms with Gasteiger partial charge in [0.25, 0.3) is 10.0 Å². The van der Waals surface area contributed by atoms with Crippen LogP contribution >= 0.6 is 0 Å². The molecule has 1 fully saturated rings. The number of hydrogen-bond acceptors (Lipinski definition) is 5. The molecule has 2 aromatic rings. The topological polar surface area (TPSA) is 92.7 Å². The lowest BCUT2D eigenvalue weighted by Crippen LogP contribution is -2.38. The largest absolute Gasteiger partial charge is 0.381 e. The van der Waals surface area contributed by atoms with Gasteiger partial charge in [0.2, 0.25) is 0 Å². The SMILES string of the molecule is CN1CCCC1CNS(=O)(=O)c1c(N)nc2ccccn12. The van der Waals surface area contributed by atoms with Crippen LogP contribution in [-0.2, 0) is 10.0 Å². The van der Waals surface area contributed by atoms with Gasteiger partial charge in [0.1, 0.15) is 5.65 Å². The van der Waals surface area contributed by atoms with E-state index < -0.39 is 10.0 Å². The molecule has 2 aromatic heterocycles. The van der Waals surface area contributed by atoms with Gasteiger partial charge in [-0.3, -0.25) is 4.40 Å². The Hall–Kier alpha value is -1.64. The average molecular weight is 309 g/mol. The van der Waals surface area contributed by atoms with Crippen molar-refractivity contribution >= 4 is 21.5 Å². The third-order valence-corrected chi connectivity index (χ3v) is 5.41. The molecule has 1 aliphatic rings. The third-order valence-electron chi connectivity index (χ3n) is 3.95. The zero-order valence-electron chi connectivity index (χ0n) is 11.9. The van der Waals surface area contributed by atoms with Gasteiger partial charge in [0.05, 0.1) is 0 Å². The van der Waals surface area contributed by atoms with E-state index in [-0.39, 0.29) is 16.9 Å². The summed E-state index contributed by atoms with van der Waals surface area (Å²) < 4.78 is 29.2. The summed E-state index contributed by atoms with van der Waals surface area (Å²) in [7, 11) is -1.68. The van der Waals surface area contributed by atoms with Crippen molar-refractivity contribution in [3.8, 4) is 0 Å². The second-order valence-corrected chi connectivity index (χ2v) is 7.04. The number of rotatable bonds is 4. The number of nitrogen functional groups attached to an aromatic ring is 1. The fraction of sp³-hybridized carbons (Fsp3) is 0.462. The summed E-state index contributed by atoms with van der Waals surface area (Å²) in [6, 6.07) is 5.50. The van der Waals surface area contributed by atoms with Crippen molar-refractivity contribution in [2.24, 2.45) is 0 Å². The number of fused-ring (bicyclic) bond motifs is 1. The van der Waals surface area contributed by atoms with Gasteiger partial charge in [-0.1, -0.05) is 6.07 Å². The quantitative estimate of drug-likeness (QED) is 0.847. The lowest BCUT2D eigenvalue weighted by molar-refractivity contribution is 0.310. The number of nitrogens with one attached hydrogen (secondary N) is 1. The van der Waals surface area contributed by atoms with Crippen LogP contribution in [0.1, 0.15) is 12.8 Å². The molecule has 3 heterocycles. The molecule has 3 rings (SSSR count). The highest BCUT2D eigenvalue weighted by atomic mass is 32.2. The first-order valence-corrected chi connectivity index (χ1v) is 8.40. The van der Waals surface area contributed by atoms with E-state index in [1.807, 2.05) is 7.05 Å². The van der Waals surface area contributed by atoms with Gasteiger partial charge in [0.15, 0.2) is 10.8 Å². The molecular weight excluding hydrogens is 290 g/mol. The molecule has 8 heteroatoms. The summed E-state index contributed by atoms with van der Waals surface area (Å²) >= 11 is 0. The van der Waals surface area contributed by atoms with Crippen molar-refractivity contribution in [3.63, 3.8) is 0 Å². The van der Waals surface area contributed by atoms with Gasteiger partial charge >= 0.3 is 0 Å². The smallest absolute Gasteiger partial charge is 0.260 e. The van der Waals surface area contributed by atoms with Gasteiger partial charge in [-0.15, -0.1) is 0 Å². The highest BCUT2D eigenvalue weighted by molar-refractivity contribution is 7.89. The number of nitrogens with zero attached hydrogens (tertiary/aromatic N) is 3. The monoisotopic (exact) mass is 309 g/mol. The van der Waals surface area contributed by atoms with Crippen LogP contribution in [0.25, 0.3) is 5.65 Å². The second kappa shape index (κ2) is 5.28. The maximum Gasteiger partial charge on any atom is 0.260 e. The van der Waals surface area contributed by atoms with Gasteiger partial charge in [0, 0.05) is 18.8 Å². The number of anilines is 1. The van der Waals surface area contributed by atoms with Crippen LogP contribution in [-0.4, -0.2) is 48.9 Å². The van der Waals surface area contributed by atoms with E-state index in [0.29, 0.717) is 12.2 Å². The number of aromatic nitrogens is 2. The van der Waals surface area contributed by atoms with Gasteiger partial charge in [-0.2, -0.15) is 0 Å². The number of likely N-dealkylation sites (tertiary alicyclic amines) is 1. The minimum Gasteiger partial charge on any atom is -0.381 e. The summed E-state index contributed by atoms with van der Waals surface area (Å²) in [6.07, 6.45) is 3.75. The third kappa shape index (κ3) is 2.61. The van der Waals surface area contributed by atoms with Crippen LogP contribution < -0.4 is 10.5 Å². The molecule has 1 unspecified atom stereocenters. The predicted molar refractivity (Wildman–Crippen MR) is 80.4 cm³/mol. The minimum atomic E-state index is -3.69. The number of imidazole rings is 1. The Bertz CT molecular complexity index is 755. The van der Waals surface area contributed by atoms with Crippen molar-refractivity contribution in [2.75, 3.05) is 25.9 Å². The first-order chi connectivity index (χ1) is 9.99. The Balaban J connectivity index is 1.88. The molecule has 1 atom stereocenters. The molecule has 0 amide bonds. The predicted octanol–water partition coefficient (Wildman–Crippen LogP) is 0.289. The molecule has 0 spiro atoms. The maximum atomic E-state index is 12.5. The van der Waals surface area contributed by atoms with Crippen LogP contribution in [0.4, 0.5) is 5.82 Å². The summed E-state index contributed by atoms with van der Waals surface area (Å²) in [4.78, 5) is 6.25. The molecule has 0 bridgehead atoms. The highest BCUT2D eigenvalue weighted by Crippen LogP contribution is 2.20. The zero-order valence-corrected chi connectivity index (χ0v) is 12.7. The fourth-order valence-electron chi connectivity index (χ4n) is 2.77. The summed E-state index contributed by atoms with van der Waals surface area (Å²) in [5, 5.41) is 0.0127. The van der Waals surface area contributed by atoms with Crippen molar-refractivity contribution in [1.29, 1.82) is 0 Å². The number of pyridine rings is 1. The Kier molecular flexibility index (Phi) is 3.60. The van der Waals surface area contributed by atoms with Crippen LogP contribution in [0, 0.1) is 0 Å². The molecule has 1 saturated heterocycles. The van der Waals surface area contributed by atoms with Gasteiger partial charge in [-0.25, -0.2) is 18.1 Å². The Morgan fingerprint density at radius 3 is 3.00 bits per heavy atom. The fourth-order valence-corrected chi connectivity index (χ4v) is 4.05. The first kappa shape index (κ1) is 14.3. The highest BCUT2D eigenvalue weighted by Gasteiger charge is 2.27. The van der Waals surface area contributed by atoms with Crippen molar-refractivity contribution in [1.82, 2.24) is 19.0 Å². The molecule has 0 aliphatic carbocycles. The molecule has 114 valence electrons. The molecular formula is C13H19N5O2S. The van der Waals surface area contributed by atoms with Crippen LogP contribution in [0.15, 0.2) is 29.4 Å². The van der Waals surface area contributed by atoms with E-state index >= 15 is 0 Å². The maximum absolute atomic E-state index is 12.5. The molecule has 21 heavy (non-hydrogen) atoms. The number of likely N-dealkylation sites (N-methyl/N-ethyl adjacent to an activating group) is 1. The molecule has 0 saturated carbocycles. The first-order valence-electron chi connectivity index (χ1n) is 6.91. The standard InChI is InChI=1S/C13H19N5O2S/c1-17-7-4-5-10(17)9-15-21(19,20)13-12(14)16-11-6-2-3-8-18(11)13/h2-3,6,8,10,15H,4-5,7,9,14H2,1H3. The average Bonchev–Trinajstić information content (AvgIpc) is 2.99. The number of hydrogen-bond donors (Lipinski definition) is 2. The molecule has 3 N–H and O–H groups in total. The van der Waals surface area contributed by atoms with Crippen LogP contribution in [0.3, 0.4) is 0 Å². The summed E-state index contributed by atoms with van der Waals surface area (Å²) in [5.74, 6) is 0.0217. The van der Waals surface area contributed by atoms with E-state index in [9.17, 15) is 8.42 Å². The second-order valence-electron chi connectivity index (χ2n) is 5.36. The molecule has 0 aromatic carbocycles. The number of nitrogens with two attached hydrogens (primary N) is 1. The Morgan fingerprint density at radius 2 is 2.29 bits per heavy atom. The zero-order chi connectivity index (χ0) is 15.0. The summed E-state index contributed by atoms with van der Waals surface area (Å²) in [5.41, 5.74) is 6.31. The number of sulfonamides is 1. The van der Waals surface area contributed by atoms with E-state index in [0.717, 1.165) is 19.4 Å². The van der Waals surface area contributed by atoms with Crippen molar-refractivity contribution in [3.05, 3.63) is 24.4 Å². The molecule has 0 radical (unpaired) electrons. The molecule has 7 nitrogen and oxygen atoms in total. The lowest BCUT2D eigenvalue weighted by Gasteiger charge is -2.19. The lowest BCUT2D eigenvalue weighted by atomic mass is 10.2. The van der Waals surface area contributed by atoms with Crippen molar-refractivity contribution in [2.45, 2.75) is 23.9 Å². The van der Waals surface area contributed by atoms with E-state index in [2.05, 4.69) is 14.6 Å². The van der Waals surface area contributed by atoms with E-state index in [1.54, 1.807) is 24.4 Å². The van der Waals surface area contributed by atoms with Gasteiger partial charge in [-0.05, 0) is 38.6 Å². The van der Waals surface area contributed by atoms with Crippen LogP contribution in [0.5, 0.6) is 0 Å². The van der Waals surface area contributed by atoms with E-state index in [4.69, 9.17) is 5.73 Å². The Morgan fingerprint density at radius 1 is 1.48 bits per heavy atom.